The summed E-state index contributed by atoms with van der Waals surface area (Å²) in [5, 5.41) is 15.7. The van der Waals surface area contributed by atoms with Crippen LogP contribution >= 0.6 is 0 Å². The van der Waals surface area contributed by atoms with Crippen LogP contribution in [-0.4, -0.2) is 42.6 Å². The second-order valence-corrected chi connectivity index (χ2v) is 11.0. The van der Waals surface area contributed by atoms with Crippen molar-refractivity contribution in [2.24, 2.45) is 5.41 Å². The molecule has 2 N–H and O–H groups in total. The molecule has 2 aromatic carbocycles. The Bertz CT molecular complexity index is 1290. The van der Waals surface area contributed by atoms with Crippen molar-refractivity contribution in [2.45, 2.75) is 65.0 Å². The number of methoxy groups -OCH3 is 1. The molecule has 2 heterocycles. The summed E-state index contributed by atoms with van der Waals surface area (Å²) in [7, 11) is 1.61. The van der Waals surface area contributed by atoms with Crippen LogP contribution in [0.5, 0.6) is 5.75 Å². The smallest absolute Gasteiger partial charge is 0.323 e. The van der Waals surface area contributed by atoms with E-state index in [0.717, 1.165) is 47.3 Å². The van der Waals surface area contributed by atoms with Gasteiger partial charge in [-0.3, -0.25) is 4.79 Å². The summed E-state index contributed by atoms with van der Waals surface area (Å²) >= 11 is 0. The van der Waals surface area contributed by atoms with E-state index in [1.165, 1.54) is 0 Å². The predicted molar refractivity (Wildman–Crippen MR) is 144 cm³/mol. The van der Waals surface area contributed by atoms with Crippen LogP contribution in [0.2, 0.25) is 0 Å². The average Bonchev–Trinajstić information content (AvgIpc) is 2.88. The van der Waals surface area contributed by atoms with E-state index in [0.29, 0.717) is 43.9 Å². The number of amides is 3. The van der Waals surface area contributed by atoms with E-state index >= 15 is 0 Å². The van der Waals surface area contributed by atoms with Gasteiger partial charge in [0.2, 0.25) is 5.91 Å². The first-order valence-electron chi connectivity index (χ1n) is 13.0. The Morgan fingerprint density at radius 2 is 1.81 bits per heavy atom. The molecule has 1 saturated carbocycles. The maximum Gasteiger partial charge on any atom is 0.323 e. The van der Waals surface area contributed by atoms with Gasteiger partial charge in [-0.2, -0.15) is 5.26 Å². The molecular formula is C29H35N5O3. The van der Waals surface area contributed by atoms with Gasteiger partial charge < -0.3 is 25.2 Å². The predicted octanol–water partition coefficient (Wildman–Crippen LogP) is 5.35. The van der Waals surface area contributed by atoms with Crippen molar-refractivity contribution in [2.75, 3.05) is 35.7 Å². The minimum Gasteiger partial charge on any atom is -0.496 e. The number of carbonyl (C=O) groups is 2. The molecule has 3 amide bonds. The summed E-state index contributed by atoms with van der Waals surface area (Å²) in [6, 6.07) is 11.8. The van der Waals surface area contributed by atoms with Gasteiger partial charge in [0.1, 0.15) is 11.3 Å². The Morgan fingerprint density at radius 3 is 2.49 bits per heavy atom. The van der Waals surface area contributed by atoms with Crippen molar-refractivity contribution >= 4 is 29.0 Å². The van der Waals surface area contributed by atoms with Gasteiger partial charge in [0, 0.05) is 30.4 Å². The van der Waals surface area contributed by atoms with E-state index in [9.17, 15) is 14.9 Å². The molecule has 0 aromatic heterocycles. The van der Waals surface area contributed by atoms with E-state index < -0.39 is 5.54 Å². The zero-order valence-corrected chi connectivity index (χ0v) is 22.1. The monoisotopic (exact) mass is 501 g/mol. The van der Waals surface area contributed by atoms with Crippen molar-refractivity contribution in [3.8, 4) is 11.8 Å². The third-order valence-electron chi connectivity index (χ3n) is 8.29. The highest BCUT2D eigenvalue weighted by Crippen LogP contribution is 2.45. The van der Waals surface area contributed by atoms with Gasteiger partial charge >= 0.3 is 6.03 Å². The summed E-state index contributed by atoms with van der Waals surface area (Å²) < 4.78 is 5.44. The topological polar surface area (TPSA) is 97.7 Å². The molecule has 2 aromatic rings. The first-order valence-corrected chi connectivity index (χ1v) is 13.0. The lowest BCUT2D eigenvalue weighted by molar-refractivity contribution is -0.128. The molecule has 8 nitrogen and oxygen atoms in total. The third-order valence-corrected chi connectivity index (χ3v) is 8.29. The highest BCUT2D eigenvalue weighted by molar-refractivity contribution is 6.04. The zero-order valence-electron chi connectivity index (χ0n) is 22.1. The molecule has 0 atom stereocenters. The van der Waals surface area contributed by atoms with Crippen molar-refractivity contribution in [3.63, 3.8) is 0 Å². The molecule has 1 saturated heterocycles. The average molecular weight is 502 g/mol. The van der Waals surface area contributed by atoms with Gasteiger partial charge in [0.15, 0.2) is 0 Å². The maximum absolute atomic E-state index is 13.9. The number of anilines is 3. The van der Waals surface area contributed by atoms with Gasteiger partial charge in [0.05, 0.1) is 36.5 Å². The third kappa shape index (κ3) is 4.26. The fourth-order valence-corrected chi connectivity index (χ4v) is 6.04. The SMILES string of the molecule is COc1cc(NC(=O)C2(N3Cc4c(C)ccc(N5CC(C)(C#N)C5)c4NC3=O)CCCCC2)ccc1C. The van der Waals surface area contributed by atoms with E-state index in [1.807, 2.05) is 45.0 Å². The largest absolute Gasteiger partial charge is 0.496 e. The lowest BCUT2D eigenvalue weighted by Gasteiger charge is -2.49. The summed E-state index contributed by atoms with van der Waals surface area (Å²) in [5.74, 6) is 0.555. The summed E-state index contributed by atoms with van der Waals surface area (Å²) in [6.07, 6.45) is 4.07. The van der Waals surface area contributed by atoms with Gasteiger partial charge in [-0.1, -0.05) is 31.4 Å². The fraction of sp³-hybridized carbons (Fsp3) is 0.483. The molecular weight excluding hydrogens is 466 g/mol. The van der Waals surface area contributed by atoms with Crippen LogP contribution < -0.4 is 20.3 Å². The Balaban J connectivity index is 1.46. The lowest BCUT2D eigenvalue weighted by Crippen LogP contribution is -2.62. The molecule has 2 fully saturated rings. The van der Waals surface area contributed by atoms with Crippen molar-refractivity contribution in [1.82, 2.24) is 4.90 Å². The standard InChI is InChI=1S/C29H35N5O3/c1-19-9-11-23(33-17-28(3,16-30)18-33)25-22(19)15-34(27(36)32-25)29(12-6-5-7-13-29)26(35)31-21-10-8-20(2)24(14-21)37-4/h8-11,14H,5-7,12-13,15,17-18H2,1-4H3,(H,31,35)(H,32,36). The van der Waals surface area contributed by atoms with Gasteiger partial charge in [0.25, 0.3) is 0 Å². The van der Waals surface area contributed by atoms with Crippen LogP contribution in [0.3, 0.4) is 0 Å². The van der Waals surface area contributed by atoms with Gasteiger partial charge in [-0.05, 0) is 56.9 Å². The maximum atomic E-state index is 13.9. The van der Waals surface area contributed by atoms with Crippen LogP contribution in [0.4, 0.5) is 21.9 Å². The Hall–Kier alpha value is -3.73. The van der Waals surface area contributed by atoms with Crippen LogP contribution in [0.25, 0.3) is 0 Å². The quantitative estimate of drug-likeness (QED) is 0.576. The Morgan fingerprint density at radius 1 is 1.11 bits per heavy atom. The van der Waals surface area contributed by atoms with Crippen LogP contribution in [0, 0.1) is 30.6 Å². The normalized spacial score (nSPS) is 19.7. The van der Waals surface area contributed by atoms with E-state index in [2.05, 4.69) is 27.7 Å². The number of aryl methyl sites for hydroxylation is 2. The number of ether oxygens (including phenoxy) is 1. The number of rotatable bonds is 5. The molecule has 2 aliphatic heterocycles. The number of fused-ring (bicyclic) bond motifs is 1. The zero-order chi connectivity index (χ0) is 26.4. The molecule has 194 valence electrons. The summed E-state index contributed by atoms with van der Waals surface area (Å²) in [4.78, 5) is 31.5. The van der Waals surface area contributed by atoms with E-state index in [1.54, 1.807) is 12.0 Å². The van der Waals surface area contributed by atoms with Crippen LogP contribution in [-0.2, 0) is 11.3 Å². The molecule has 0 bridgehead atoms. The highest BCUT2D eigenvalue weighted by Gasteiger charge is 2.49. The Kier molecular flexibility index (Phi) is 6.26. The van der Waals surface area contributed by atoms with Gasteiger partial charge in [-0.25, -0.2) is 4.79 Å². The summed E-state index contributed by atoms with van der Waals surface area (Å²) in [5.41, 5.74) is 4.18. The molecule has 0 radical (unpaired) electrons. The minimum atomic E-state index is -0.934. The number of hydrogen-bond donors (Lipinski definition) is 2. The summed E-state index contributed by atoms with van der Waals surface area (Å²) in [6.45, 7) is 7.59. The molecule has 3 aliphatic rings. The second-order valence-electron chi connectivity index (χ2n) is 11.0. The highest BCUT2D eigenvalue weighted by atomic mass is 16.5. The molecule has 0 spiro atoms. The minimum absolute atomic E-state index is 0.155. The first-order chi connectivity index (χ1) is 17.7. The fourth-order valence-electron chi connectivity index (χ4n) is 6.04. The van der Waals surface area contributed by atoms with Crippen molar-refractivity contribution in [1.29, 1.82) is 5.26 Å². The number of carbonyl (C=O) groups excluding carboxylic acids is 2. The molecule has 0 unspecified atom stereocenters. The number of nitrogens with zero attached hydrogens (tertiary/aromatic N) is 3. The van der Waals surface area contributed by atoms with Gasteiger partial charge in [-0.15, -0.1) is 0 Å². The number of nitriles is 1. The van der Waals surface area contributed by atoms with Crippen LogP contribution in [0.15, 0.2) is 30.3 Å². The number of benzene rings is 2. The number of hydrogen-bond acceptors (Lipinski definition) is 5. The number of urea groups is 1. The van der Waals surface area contributed by atoms with E-state index in [-0.39, 0.29) is 17.4 Å². The van der Waals surface area contributed by atoms with Crippen LogP contribution in [0.1, 0.15) is 55.7 Å². The molecule has 5 rings (SSSR count). The Labute approximate surface area is 218 Å². The molecule has 1 aliphatic carbocycles. The lowest BCUT2D eigenvalue weighted by atomic mass is 9.78. The van der Waals surface area contributed by atoms with Crippen molar-refractivity contribution in [3.05, 3.63) is 47.0 Å². The second kappa shape index (κ2) is 9.29. The number of nitrogens with one attached hydrogen (secondary N) is 2. The molecule has 37 heavy (non-hydrogen) atoms. The molecule has 8 heteroatoms. The van der Waals surface area contributed by atoms with Crippen molar-refractivity contribution < 1.29 is 14.3 Å². The first kappa shape index (κ1) is 24.9. The van der Waals surface area contributed by atoms with E-state index in [4.69, 9.17) is 4.74 Å².